The summed E-state index contributed by atoms with van der Waals surface area (Å²) >= 11 is 4.47. The highest BCUT2D eigenvalue weighted by molar-refractivity contribution is 8.21. The van der Waals surface area contributed by atoms with Crippen LogP contribution >= 0.6 is 23.5 Å². The van der Waals surface area contributed by atoms with Gasteiger partial charge in [-0.25, -0.2) is 0 Å². The molecule has 1 saturated heterocycles. The van der Waals surface area contributed by atoms with E-state index in [0.717, 1.165) is 0 Å². The van der Waals surface area contributed by atoms with Crippen LogP contribution in [0.2, 0.25) is 0 Å². The van der Waals surface area contributed by atoms with Crippen LogP contribution < -0.4 is 0 Å². The van der Waals surface area contributed by atoms with E-state index in [0.29, 0.717) is 4.08 Å². The molecular weight excluding hydrogens is 208 g/mol. The maximum Gasteiger partial charge on any atom is 0.0611 e. The molecule has 0 saturated carbocycles. The molecule has 0 aromatic heterocycles. The highest BCUT2D eigenvalue weighted by Crippen LogP contribution is 2.50. The smallest absolute Gasteiger partial charge is 0.0611 e. The minimum Gasteiger partial charge on any atom is -0.143 e. The third-order valence-corrected chi connectivity index (χ3v) is 6.51. The maximum atomic E-state index is 2.33. The van der Waals surface area contributed by atoms with E-state index in [1.807, 2.05) is 0 Å². The van der Waals surface area contributed by atoms with Gasteiger partial charge in [0.2, 0.25) is 0 Å². The van der Waals surface area contributed by atoms with Gasteiger partial charge in [0, 0.05) is 11.5 Å². The molecule has 0 unspecified atom stereocenters. The Balaban J connectivity index is 2.21. The van der Waals surface area contributed by atoms with Crippen LogP contribution in [-0.2, 0) is 0 Å². The molecule has 0 atom stereocenters. The van der Waals surface area contributed by atoms with E-state index in [9.17, 15) is 0 Å². The molecule has 1 rings (SSSR count). The molecule has 0 aliphatic carbocycles. The van der Waals surface area contributed by atoms with Gasteiger partial charge in [0.25, 0.3) is 0 Å². The van der Waals surface area contributed by atoms with Crippen molar-refractivity contribution in [2.75, 3.05) is 11.5 Å². The highest BCUT2D eigenvalue weighted by Gasteiger charge is 2.33. The fourth-order valence-corrected chi connectivity index (χ4v) is 5.63. The largest absolute Gasteiger partial charge is 0.143 e. The fourth-order valence-electron chi connectivity index (χ4n) is 2.11. The van der Waals surface area contributed by atoms with Crippen molar-refractivity contribution in [3.8, 4) is 0 Å². The normalized spacial score (nSPS) is 20.1. The zero-order valence-electron chi connectivity index (χ0n) is 9.68. The Morgan fingerprint density at radius 2 is 1.57 bits per heavy atom. The van der Waals surface area contributed by atoms with Crippen LogP contribution in [0.15, 0.2) is 0 Å². The molecule has 84 valence electrons. The Morgan fingerprint density at radius 1 is 0.857 bits per heavy atom. The van der Waals surface area contributed by atoms with Crippen LogP contribution in [0.4, 0.5) is 0 Å². The lowest BCUT2D eigenvalue weighted by atomic mass is 10.1. The number of hydrogen-bond acceptors (Lipinski definition) is 2. The van der Waals surface area contributed by atoms with E-state index in [1.165, 1.54) is 56.5 Å². The molecule has 0 bridgehead atoms. The molecule has 0 spiro atoms. The lowest BCUT2D eigenvalue weighted by Gasteiger charge is -2.26. The van der Waals surface area contributed by atoms with Gasteiger partial charge in [-0.1, -0.05) is 46.0 Å². The molecule has 2 heteroatoms. The van der Waals surface area contributed by atoms with Crippen LogP contribution in [0.1, 0.15) is 58.8 Å². The molecule has 0 nitrogen and oxygen atoms in total. The quantitative estimate of drug-likeness (QED) is 0.571. The van der Waals surface area contributed by atoms with Crippen molar-refractivity contribution in [2.24, 2.45) is 0 Å². The monoisotopic (exact) mass is 232 g/mol. The summed E-state index contributed by atoms with van der Waals surface area (Å²) in [6, 6.07) is 0. The SMILES string of the molecule is CCCCCCC1(CCC)SCCS1. The Labute approximate surface area is 98.0 Å². The van der Waals surface area contributed by atoms with Crippen LogP contribution in [0.3, 0.4) is 0 Å². The van der Waals surface area contributed by atoms with Crippen molar-refractivity contribution in [1.82, 2.24) is 0 Å². The van der Waals surface area contributed by atoms with Gasteiger partial charge in [0.15, 0.2) is 0 Å². The molecule has 0 aromatic carbocycles. The summed E-state index contributed by atoms with van der Waals surface area (Å²) in [7, 11) is 0. The first-order chi connectivity index (χ1) is 6.83. The topological polar surface area (TPSA) is 0 Å². The number of rotatable bonds is 7. The maximum absolute atomic E-state index is 2.33. The van der Waals surface area contributed by atoms with Gasteiger partial charge < -0.3 is 0 Å². The summed E-state index contributed by atoms with van der Waals surface area (Å²) in [6.45, 7) is 4.62. The van der Waals surface area contributed by atoms with Crippen molar-refractivity contribution in [3.05, 3.63) is 0 Å². The number of thioether (sulfide) groups is 2. The summed E-state index contributed by atoms with van der Waals surface area (Å²) in [4.78, 5) is 0. The average Bonchev–Trinajstić information content (AvgIpc) is 2.63. The first kappa shape index (κ1) is 12.8. The van der Waals surface area contributed by atoms with Crippen LogP contribution in [-0.4, -0.2) is 15.6 Å². The second-order valence-corrected chi connectivity index (χ2v) is 7.38. The van der Waals surface area contributed by atoms with Gasteiger partial charge in [0.05, 0.1) is 4.08 Å². The minimum atomic E-state index is 0.627. The standard InChI is InChI=1S/C12H24S2/c1-3-5-6-7-9-12(8-4-2)13-10-11-14-12/h3-11H2,1-2H3. The van der Waals surface area contributed by atoms with E-state index in [2.05, 4.69) is 37.4 Å². The first-order valence-electron chi connectivity index (χ1n) is 6.11. The number of hydrogen-bond donors (Lipinski definition) is 0. The Hall–Kier alpha value is 0.700. The fraction of sp³-hybridized carbons (Fsp3) is 1.00. The molecule has 1 aliphatic heterocycles. The summed E-state index contributed by atoms with van der Waals surface area (Å²) in [6.07, 6.45) is 9.92. The van der Waals surface area contributed by atoms with Crippen molar-refractivity contribution < 1.29 is 0 Å². The molecular formula is C12H24S2. The van der Waals surface area contributed by atoms with Gasteiger partial charge in [-0.05, 0) is 12.8 Å². The van der Waals surface area contributed by atoms with Crippen molar-refractivity contribution in [2.45, 2.75) is 62.9 Å². The lowest BCUT2D eigenvalue weighted by molar-refractivity contribution is 0.574. The number of unbranched alkanes of at least 4 members (excludes halogenated alkanes) is 3. The third-order valence-electron chi connectivity index (χ3n) is 2.86. The van der Waals surface area contributed by atoms with Crippen LogP contribution in [0.25, 0.3) is 0 Å². The van der Waals surface area contributed by atoms with Gasteiger partial charge in [-0.3, -0.25) is 0 Å². The zero-order valence-corrected chi connectivity index (χ0v) is 11.3. The molecule has 1 fully saturated rings. The molecule has 1 heterocycles. The second-order valence-electron chi connectivity index (χ2n) is 4.17. The van der Waals surface area contributed by atoms with E-state index in [4.69, 9.17) is 0 Å². The summed E-state index contributed by atoms with van der Waals surface area (Å²) in [5.74, 6) is 2.77. The van der Waals surface area contributed by atoms with Crippen LogP contribution in [0.5, 0.6) is 0 Å². The van der Waals surface area contributed by atoms with Crippen LogP contribution in [0, 0.1) is 0 Å². The van der Waals surface area contributed by atoms with Crippen molar-refractivity contribution in [1.29, 1.82) is 0 Å². The van der Waals surface area contributed by atoms with E-state index in [1.54, 1.807) is 0 Å². The molecule has 0 aromatic rings. The summed E-state index contributed by atoms with van der Waals surface area (Å²) < 4.78 is 0.627. The van der Waals surface area contributed by atoms with Crippen molar-refractivity contribution in [3.63, 3.8) is 0 Å². The van der Waals surface area contributed by atoms with Gasteiger partial charge in [-0.15, -0.1) is 23.5 Å². The Kier molecular flexibility index (Phi) is 6.43. The predicted octanol–water partition coefficient (Wildman–Crippen LogP) is 4.93. The average molecular weight is 232 g/mol. The zero-order chi connectivity index (χ0) is 10.3. The Bertz CT molecular complexity index is 139. The second kappa shape index (κ2) is 7.05. The molecule has 0 radical (unpaired) electrons. The third kappa shape index (κ3) is 4.06. The molecule has 0 amide bonds. The van der Waals surface area contributed by atoms with Crippen molar-refractivity contribution >= 4 is 23.5 Å². The highest BCUT2D eigenvalue weighted by atomic mass is 32.2. The minimum absolute atomic E-state index is 0.627. The van der Waals surface area contributed by atoms with E-state index < -0.39 is 0 Å². The molecule has 14 heavy (non-hydrogen) atoms. The molecule has 0 N–H and O–H groups in total. The summed E-state index contributed by atoms with van der Waals surface area (Å²) in [5.41, 5.74) is 0. The van der Waals surface area contributed by atoms with Gasteiger partial charge in [-0.2, -0.15) is 0 Å². The van der Waals surface area contributed by atoms with Gasteiger partial charge in [0.1, 0.15) is 0 Å². The summed E-state index contributed by atoms with van der Waals surface area (Å²) in [5, 5.41) is 0. The first-order valence-corrected chi connectivity index (χ1v) is 8.08. The molecule has 1 aliphatic rings. The van der Waals surface area contributed by atoms with E-state index >= 15 is 0 Å². The van der Waals surface area contributed by atoms with E-state index in [-0.39, 0.29) is 0 Å². The predicted molar refractivity (Wildman–Crippen MR) is 71.3 cm³/mol. The van der Waals surface area contributed by atoms with Gasteiger partial charge >= 0.3 is 0 Å². The lowest BCUT2D eigenvalue weighted by Crippen LogP contribution is -2.16. The Morgan fingerprint density at radius 3 is 2.14 bits per heavy atom.